The number of aryl methyl sites for hydroxylation is 1. The summed E-state index contributed by atoms with van der Waals surface area (Å²) in [6.45, 7) is 3.75. The van der Waals surface area contributed by atoms with Gasteiger partial charge in [-0.15, -0.1) is 0 Å². The smallest absolute Gasteiger partial charge is 0.342 e. The molecular weight excluding hydrogens is 212 g/mol. The minimum absolute atomic E-state index is 0.116. The van der Waals surface area contributed by atoms with Crippen molar-refractivity contribution in [1.29, 1.82) is 0 Å². The van der Waals surface area contributed by atoms with E-state index in [2.05, 4.69) is 4.74 Å². The molecule has 88 valence electrons. The second-order valence-corrected chi connectivity index (χ2v) is 3.01. The summed E-state index contributed by atoms with van der Waals surface area (Å²) in [6, 6.07) is 0. The van der Waals surface area contributed by atoms with Crippen molar-refractivity contribution in [2.75, 3.05) is 13.7 Å². The molecule has 0 radical (unpaired) electrons. The highest BCUT2D eigenvalue weighted by molar-refractivity contribution is 6.03. The summed E-state index contributed by atoms with van der Waals surface area (Å²) in [4.78, 5) is 23.0. The average molecular weight is 226 g/mol. The van der Waals surface area contributed by atoms with Gasteiger partial charge in [-0.2, -0.15) is 0 Å². The molecule has 1 rings (SSSR count). The Morgan fingerprint density at radius 3 is 2.50 bits per heavy atom. The predicted octanol–water partition coefficient (Wildman–Crippen LogP) is 1.81. The number of hydrogen-bond donors (Lipinski definition) is 0. The van der Waals surface area contributed by atoms with E-state index < -0.39 is 11.9 Å². The number of methoxy groups -OCH3 is 1. The summed E-state index contributed by atoms with van der Waals surface area (Å²) in [6.07, 6.45) is 1.73. The van der Waals surface area contributed by atoms with Gasteiger partial charge in [0.25, 0.3) is 0 Å². The van der Waals surface area contributed by atoms with E-state index in [4.69, 9.17) is 9.15 Å². The molecule has 1 aromatic rings. The SMILES string of the molecule is CCOC(=O)c1coc(CC)c1C(=O)OC. The molecule has 16 heavy (non-hydrogen) atoms. The van der Waals surface area contributed by atoms with E-state index in [0.29, 0.717) is 12.2 Å². The van der Waals surface area contributed by atoms with Crippen LogP contribution in [0.15, 0.2) is 10.7 Å². The van der Waals surface area contributed by atoms with Gasteiger partial charge in [0.05, 0.1) is 13.7 Å². The topological polar surface area (TPSA) is 65.7 Å². The van der Waals surface area contributed by atoms with Crippen molar-refractivity contribution in [1.82, 2.24) is 0 Å². The Hall–Kier alpha value is -1.78. The number of esters is 2. The molecule has 0 spiro atoms. The molecule has 0 amide bonds. The van der Waals surface area contributed by atoms with E-state index in [1.54, 1.807) is 6.92 Å². The van der Waals surface area contributed by atoms with Gasteiger partial charge < -0.3 is 13.9 Å². The molecule has 5 nitrogen and oxygen atoms in total. The second kappa shape index (κ2) is 5.34. The van der Waals surface area contributed by atoms with Crippen LogP contribution in [0, 0.1) is 0 Å². The number of hydrogen-bond acceptors (Lipinski definition) is 5. The summed E-state index contributed by atoms with van der Waals surface area (Å²) in [5, 5.41) is 0. The van der Waals surface area contributed by atoms with Gasteiger partial charge >= 0.3 is 11.9 Å². The van der Waals surface area contributed by atoms with E-state index in [-0.39, 0.29) is 17.7 Å². The molecule has 0 aliphatic heterocycles. The van der Waals surface area contributed by atoms with Gasteiger partial charge in [-0.25, -0.2) is 9.59 Å². The number of carbonyl (C=O) groups excluding carboxylic acids is 2. The highest BCUT2D eigenvalue weighted by Crippen LogP contribution is 2.20. The highest BCUT2D eigenvalue weighted by Gasteiger charge is 2.25. The highest BCUT2D eigenvalue weighted by atomic mass is 16.5. The molecule has 1 aromatic heterocycles. The molecule has 0 atom stereocenters. The Labute approximate surface area is 93.3 Å². The van der Waals surface area contributed by atoms with Gasteiger partial charge in [0.15, 0.2) is 0 Å². The second-order valence-electron chi connectivity index (χ2n) is 3.01. The van der Waals surface area contributed by atoms with E-state index in [1.807, 2.05) is 6.92 Å². The van der Waals surface area contributed by atoms with Crippen molar-refractivity contribution in [2.24, 2.45) is 0 Å². The number of carbonyl (C=O) groups is 2. The lowest BCUT2D eigenvalue weighted by molar-refractivity contribution is 0.0504. The predicted molar refractivity (Wildman–Crippen MR) is 55.4 cm³/mol. The summed E-state index contributed by atoms with van der Waals surface area (Å²) in [5.41, 5.74) is 0.272. The lowest BCUT2D eigenvalue weighted by Gasteiger charge is -2.02. The van der Waals surface area contributed by atoms with Crippen molar-refractivity contribution in [3.8, 4) is 0 Å². The first kappa shape index (κ1) is 12.3. The summed E-state index contributed by atoms with van der Waals surface area (Å²) in [5.74, 6) is -0.741. The molecule has 0 bridgehead atoms. The number of rotatable bonds is 4. The fraction of sp³-hybridized carbons (Fsp3) is 0.455. The van der Waals surface area contributed by atoms with Gasteiger partial charge in [-0.1, -0.05) is 6.92 Å². The molecular formula is C11H14O5. The molecule has 0 aliphatic rings. The van der Waals surface area contributed by atoms with Crippen LogP contribution in [-0.4, -0.2) is 25.7 Å². The third-order valence-corrected chi connectivity index (χ3v) is 2.07. The Morgan fingerprint density at radius 1 is 1.31 bits per heavy atom. The average Bonchev–Trinajstić information content (AvgIpc) is 2.71. The summed E-state index contributed by atoms with van der Waals surface area (Å²) >= 11 is 0. The van der Waals surface area contributed by atoms with Crippen molar-refractivity contribution in [3.05, 3.63) is 23.2 Å². The van der Waals surface area contributed by atoms with Crippen LogP contribution in [0.4, 0.5) is 0 Å². The van der Waals surface area contributed by atoms with E-state index in [0.717, 1.165) is 0 Å². The van der Waals surface area contributed by atoms with E-state index >= 15 is 0 Å². The van der Waals surface area contributed by atoms with Crippen LogP contribution >= 0.6 is 0 Å². The van der Waals surface area contributed by atoms with Crippen LogP contribution in [0.25, 0.3) is 0 Å². The van der Waals surface area contributed by atoms with Crippen molar-refractivity contribution in [2.45, 2.75) is 20.3 Å². The normalized spacial score (nSPS) is 9.94. The Kier molecular flexibility index (Phi) is 4.10. The fourth-order valence-corrected chi connectivity index (χ4v) is 1.34. The van der Waals surface area contributed by atoms with Crippen molar-refractivity contribution in [3.63, 3.8) is 0 Å². The van der Waals surface area contributed by atoms with Crippen LogP contribution in [0.1, 0.15) is 40.3 Å². The first-order valence-electron chi connectivity index (χ1n) is 5.01. The minimum Gasteiger partial charge on any atom is -0.468 e. The summed E-state index contributed by atoms with van der Waals surface area (Å²) < 4.78 is 14.5. The lowest BCUT2D eigenvalue weighted by atomic mass is 10.1. The zero-order valence-corrected chi connectivity index (χ0v) is 9.53. The molecule has 0 fully saturated rings. The van der Waals surface area contributed by atoms with E-state index in [1.165, 1.54) is 13.4 Å². The van der Waals surface area contributed by atoms with Gasteiger partial charge in [0.2, 0.25) is 0 Å². The van der Waals surface area contributed by atoms with Crippen LogP contribution in [-0.2, 0) is 15.9 Å². The van der Waals surface area contributed by atoms with Gasteiger partial charge in [0, 0.05) is 6.42 Å². The largest absolute Gasteiger partial charge is 0.468 e. The maximum atomic E-state index is 11.5. The monoisotopic (exact) mass is 226 g/mol. The van der Waals surface area contributed by atoms with Crippen LogP contribution in [0.5, 0.6) is 0 Å². The van der Waals surface area contributed by atoms with Gasteiger partial charge in [-0.05, 0) is 6.92 Å². The Balaban J connectivity index is 3.14. The standard InChI is InChI=1S/C11H14O5/c1-4-8-9(11(13)14-3)7(6-16-8)10(12)15-5-2/h6H,4-5H2,1-3H3. The molecule has 0 aliphatic carbocycles. The lowest BCUT2D eigenvalue weighted by Crippen LogP contribution is -2.12. The van der Waals surface area contributed by atoms with Crippen LogP contribution in [0.3, 0.4) is 0 Å². The van der Waals surface area contributed by atoms with E-state index in [9.17, 15) is 9.59 Å². The number of furan rings is 1. The maximum Gasteiger partial charge on any atom is 0.342 e. The molecule has 0 saturated carbocycles. The van der Waals surface area contributed by atoms with Crippen LogP contribution < -0.4 is 0 Å². The molecule has 1 heterocycles. The maximum absolute atomic E-state index is 11.5. The molecule has 0 unspecified atom stereocenters. The molecule has 0 N–H and O–H groups in total. The fourth-order valence-electron chi connectivity index (χ4n) is 1.34. The molecule has 0 aromatic carbocycles. The molecule has 5 heteroatoms. The first-order chi connectivity index (χ1) is 7.65. The zero-order chi connectivity index (χ0) is 12.1. The number of ether oxygens (including phenoxy) is 2. The Morgan fingerprint density at radius 2 is 2.00 bits per heavy atom. The Bertz CT molecular complexity index is 391. The third-order valence-electron chi connectivity index (χ3n) is 2.07. The van der Waals surface area contributed by atoms with Gasteiger partial charge in [0.1, 0.15) is 23.2 Å². The quantitative estimate of drug-likeness (QED) is 0.732. The third kappa shape index (κ3) is 2.24. The van der Waals surface area contributed by atoms with Gasteiger partial charge in [-0.3, -0.25) is 0 Å². The van der Waals surface area contributed by atoms with Crippen molar-refractivity contribution >= 4 is 11.9 Å². The van der Waals surface area contributed by atoms with Crippen molar-refractivity contribution < 1.29 is 23.5 Å². The zero-order valence-electron chi connectivity index (χ0n) is 9.53. The molecule has 0 saturated heterocycles. The van der Waals surface area contributed by atoms with Crippen LogP contribution in [0.2, 0.25) is 0 Å². The summed E-state index contributed by atoms with van der Waals surface area (Å²) in [7, 11) is 1.25. The minimum atomic E-state index is -0.589. The first-order valence-corrected chi connectivity index (χ1v) is 5.01.